The lowest BCUT2D eigenvalue weighted by Gasteiger charge is -2.32. The van der Waals surface area contributed by atoms with Gasteiger partial charge in [-0.05, 0) is 69.0 Å². The third-order valence-corrected chi connectivity index (χ3v) is 7.27. The van der Waals surface area contributed by atoms with Crippen LogP contribution in [0, 0.1) is 13.8 Å². The van der Waals surface area contributed by atoms with E-state index >= 15 is 0 Å². The molecule has 0 saturated carbocycles. The van der Waals surface area contributed by atoms with E-state index in [-0.39, 0.29) is 16.8 Å². The highest BCUT2D eigenvalue weighted by molar-refractivity contribution is 7.92. The number of para-hydroxylation sites is 1. The summed E-state index contributed by atoms with van der Waals surface area (Å²) < 4.78 is 28.4. The molecule has 1 fully saturated rings. The maximum atomic E-state index is 12.9. The van der Waals surface area contributed by atoms with E-state index < -0.39 is 10.0 Å². The third-order valence-electron chi connectivity index (χ3n) is 5.90. The Morgan fingerprint density at radius 1 is 1.06 bits per heavy atom. The molecule has 0 aliphatic carbocycles. The number of hydrogen-bond acceptors (Lipinski definition) is 4. The minimum atomic E-state index is -3.79. The van der Waals surface area contributed by atoms with Gasteiger partial charge in [0.25, 0.3) is 15.9 Å². The molecule has 6 nitrogen and oxygen atoms in total. The average Bonchev–Trinajstić information content (AvgIpc) is 2.75. The van der Waals surface area contributed by atoms with E-state index in [1.54, 1.807) is 24.3 Å². The number of benzene rings is 2. The smallest absolute Gasteiger partial charge is 0.261 e. The van der Waals surface area contributed by atoms with Crippen LogP contribution < -0.4 is 10.0 Å². The quantitative estimate of drug-likeness (QED) is 0.644. The lowest BCUT2D eigenvalue weighted by Crippen LogP contribution is -2.45. The average molecular weight is 444 g/mol. The Kier molecular flexibility index (Phi) is 7.73. The predicted octanol–water partition coefficient (Wildman–Crippen LogP) is 4.10. The highest BCUT2D eigenvalue weighted by Crippen LogP contribution is 2.22. The third kappa shape index (κ3) is 6.08. The van der Waals surface area contributed by atoms with Crippen LogP contribution >= 0.6 is 0 Å². The minimum Gasteiger partial charge on any atom is -0.349 e. The molecule has 7 heteroatoms. The summed E-state index contributed by atoms with van der Waals surface area (Å²) in [7, 11) is -3.79. The zero-order valence-electron chi connectivity index (χ0n) is 18.6. The molecule has 31 heavy (non-hydrogen) atoms. The Balaban J connectivity index is 1.69. The summed E-state index contributed by atoms with van der Waals surface area (Å²) in [5, 5.41) is 3.11. The fraction of sp³-hybridized carbons (Fsp3) is 0.458. The maximum absolute atomic E-state index is 12.9. The lowest BCUT2D eigenvalue weighted by atomic mass is 10.0. The van der Waals surface area contributed by atoms with Crippen molar-refractivity contribution in [3.63, 3.8) is 0 Å². The van der Waals surface area contributed by atoms with E-state index in [1.807, 2.05) is 26.0 Å². The van der Waals surface area contributed by atoms with Crippen LogP contribution in [0.25, 0.3) is 0 Å². The normalized spacial score (nSPS) is 15.6. The second-order valence-electron chi connectivity index (χ2n) is 8.34. The second-order valence-corrected chi connectivity index (χ2v) is 10.0. The van der Waals surface area contributed by atoms with Gasteiger partial charge in [0.2, 0.25) is 0 Å². The van der Waals surface area contributed by atoms with Gasteiger partial charge >= 0.3 is 0 Å². The molecule has 1 aliphatic heterocycles. The number of hydrogen-bond donors (Lipinski definition) is 2. The first-order chi connectivity index (χ1) is 14.8. The number of nitrogens with zero attached hydrogens (tertiary/aromatic N) is 1. The van der Waals surface area contributed by atoms with Crippen molar-refractivity contribution < 1.29 is 13.2 Å². The Labute approximate surface area is 186 Å². The van der Waals surface area contributed by atoms with Crippen LogP contribution in [0.4, 0.5) is 5.69 Å². The van der Waals surface area contributed by atoms with Gasteiger partial charge in [-0.2, -0.15) is 0 Å². The summed E-state index contributed by atoms with van der Waals surface area (Å²) in [6.07, 6.45) is 4.23. The number of nitrogens with one attached hydrogen (secondary N) is 2. The highest BCUT2D eigenvalue weighted by Gasteiger charge is 2.23. The minimum absolute atomic E-state index is 0.0842. The van der Waals surface area contributed by atoms with E-state index in [0.29, 0.717) is 11.3 Å². The fourth-order valence-electron chi connectivity index (χ4n) is 3.85. The zero-order valence-corrected chi connectivity index (χ0v) is 19.5. The maximum Gasteiger partial charge on any atom is 0.261 e. The first-order valence-electron chi connectivity index (χ1n) is 11.0. The Morgan fingerprint density at radius 3 is 2.45 bits per heavy atom. The van der Waals surface area contributed by atoms with E-state index in [4.69, 9.17) is 0 Å². The highest BCUT2D eigenvalue weighted by atomic mass is 32.2. The van der Waals surface area contributed by atoms with E-state index in [0.717, 1.165) is 43.6 Å². The van der Waals surface area contributed by atoms with Crippen molar-refractivity contribution in [2.24, 2.45) is 0 Å². The Hall–Kier alpha value is -2.38. The van der Waals surface area contributed by atoms with Gasteiger partial charge in [0.1, 0.15) is 0 Å². The van der Waals surface area contributed by atoms with Crippen LogP contribution in [0.2, 0.25) is 0 Å². The van der Waals surface area contributed by atoms with Crippen LogP contribution in [0.15, 0.2) is 47.4 Å². The molecule has 3 rings (SSSR count). The molecule has 0 atom stereocenters. The number of carbonyl (C=O) groups excluding carboxylic acids is 1. The summed E-state index contributed by atoms with van der Waals surface area (Å²) >= 11 is 0. The van der Waals surface area contributed by atoms with Gasteiger partial charge < -0.3 is 10.2 Å². The Morgan fingerprint density at radius 2 is 1.77 bits per heavy atom. The molecule has 1 amide bonds. The predicted molar refractivity (Wildman–Crippen MR) is 125 cm³/mol. The first-order valence-corrected chi connectivity index (χ1v) is 12.5. The van der Waals surface area contributed by atoms with Crippen LogP contribution in [0.1, 0.15) is 54.1 Å². The zero-order chi connectivity index (χ0) is 22.4. The largest absolute Gasteiger partial charge is 0.349 e. The van der Waals surface area contributed by atoms with Crippen molar-refractivity contribution in [3.05, 3.63) is 59.2 Å². The monoisotopic (exact) mass is 443 g/mol. The summed E-state index contributed by atoms with van der Waals surface area (Å²) in [4.78, 5) is 15.5. The van der Waals surface area contributed by atoms with Gasteiger partial charge in [-0.25, -0.2) is 8.42 Å². The summed E-state index contributed by atoms with van der Waals surface area (Å²) in [6.45, 7) is 8.95. The molecule has 1 aliphatic rings. The first kappa shape index (κ1) is 23.3. The Bertz CT molecular complexity index is 1010. The summed E-state index contributed by atoms with van der Waals surface area (Å²) in [5.41, 5.74) is 2.53. The molecule has 0 bridgehead atoms. The lowest BCUT2D eigenvalue weighted by molar-refractivity contribution is 0.0910. The van der Waals surface area contributed by atoms with Crippen molar-refractivity contribution in [3.8, 4) is 0 Å². The standard InChI is InChI=1S/C24H33N3O3S/c1-4-5-14-27-15-12-20(13-16-27)25-24(28)22-17-21(11-10-18(22)2)31(29,30)26-23-9-7-6-8-19(23)3/h6-11,17,20,26H,4-5,12-16H2,1-3H3,(H,25,28). The topological polar surface area (TPSA) is 78.5 Å². The number of rotatable bonds is 8. The van der Waals surface area contributed by atoms with Crippen molar-refractivity contribution in [2.75, 3.05) is 24.4 Å². The summed E-state index contributed by atoms with van der Waals surface area (Å²) in [5.74, 6) is -0.211. The molecule has 2 aromatic carbocycles. The SMILES string of the molecule is CCCCN1CCC(NC(=O)c2cc(S(=O)(=O)Nc3ccccc3C)ccc2C)CC1. The van der Waals surface area contributed by atoms with Gasteiger partial charge in [-0.1, -0.05) is 37.6 Å². The molecule has 0 radical (unpaired) electrons. The molecule has 1 saturated heterocycles. The number of piperidine rings is 1. The second kappa shape index (κ2) is 10.3. The number of anilines is 1. The number of likely N-dealkylation sites (tertiary alicyclic amines) is 1. The molecular weight excluding hydrogens is 410 g/mol. The van der Waals surface area contributed by atoms with Crippen molar-refractivity contribution >= 4 is 21.6 Å². The molecule has 2 aromatic rings. The molecular formula is C24H33N3O3S. The molecule has 0 spiro atoms. The van der Waals surface area contributed by atoms with Crippen LogP contribution in [0.5, 0.6) is 0 Å². The van der Waals surface area contributed by atoms with Crippen molar-refractivity contribution in [1.82, 2.24) is 10.2 Å². The fourth-order valence-corrected chi connectivity index (χ4v) is 5.01. The van der Waals surface area contributed by atoms with Crippen LogP contribution in [0.3, 0.4) is 0 Å². The molecule has 168 valence electrons. The van der Waals surface area contributed by atoms with Crippen molar-refractivity contribution in [1.29, 1.82) is 0 Å². The van der Waals surface area contributed by atoms with Gasteiger partial charge in [-0.3, -0.25) is 9.52 Å². The van der Waals surface area contributed by atoms with E-state index in [1.165, 1.54) is 18.9 Å². The number of carbonyl (C=O) groups is 1. The number of aryl methyl sites for hydroxylation is 2. The van der Waals surface area contributed by atoms with Crippen molar-refractivity contribution in [2.45, 2.75) is 57.4 Å². The van der Waals surface area contributed by atoms with Crippen LogP contribution in [-0.2, 0) is 10.0 Å². The molecule has 1 heterocycles. The van der Waals surface area contributed by atoms with E-state index in [9.17, 15) is 13.2 Å². The van der Waals surface area contributed by atoms with E-state index in [2.05, 4.69) is 21.9 Å². The van der Waals surface area contributed by atoms with Gasteiger partial charge in [-0.15, -0.1) is 0 Å². The van der Waals surface area contributed by atoms with Crippen LogP contribution in [-0.4, -0.2) is 44.9 Å². The number of amides is 1. The van der Waals surface area contributed by atoms with Gasteiger partial charge in [0.15, 0.2) is 0 Å². The summed E-state index contributed by atoms with van der Waals surface area (Å²) in [6, 6.07) is 12.0. The van der Waals surface area contributed by atoms with Gasteiger partial charge in [0, 0.05) is 24.7 Å². The van der Waals surface area contributed by atoms with Gasteiger partial charge in [0.05, 0.1) is 10.6 Å². The molecule has 0 unspecified atom stereocenters. The number of unbranched alkanes of at least 4 members (excludes halogenated alkanes) is 1. The molecule has 2 N–H and O–H groups in total. The molecule has 0 aromatic heterocycles. The number of sulfonamides is 1.